The van der Waals surface area contributed by atoms with Gasteiger partial charge >= 0.3 is 6.03 Å². The van der Waals surface area contributed by atoms with Crippen LogP contribution in [0.2, 0.25) is 0 Å². The summed E-state index contributed by atoms with van der Waals surface area (Å²) >= 11 is 0. The Morgan fingerprint density at radius 2 is 1.90 bits per heavy atom. The molecule has 2 fully saturated rings. The Morgan fingerprint density at radius 3 is 2.69 bits per heavy atom. The van der Waals surface area contributed by atoms with Gasteiger partial charge in [-0.15, -0.1) is 0 Å². The Labute approximate surface area is 170 Å². The zero-order valence-electron chi connectivity index (χ0n) is 17.0. The molecule has 0 bridgehead atoms. The first-order valence-electron chi connectivity index (χ1n) is 10.4. The summed E-state index contributed by atoms with van der Waals surface area (Å²) in [6.45, 7) is 4.28. The molecule has 0 aliphatic carbocycles. The van der Waals surface area contributed by atoms with E-state index in [-0.39, 0.29) is 24.4 Å². The highest BCUT2D eigenvalue weighted by atomic mass is 16.2. The molecule has 2 aliphatic rings. The molecule has 1 N–H and O–H groups in total. The average Bonchev–Trinajstić information content (AvgIpc) is 2.97. The molecule has 4 rings (SSSR count). The van der Waals surface area contributed by atoms with Crippen LogP contribution in [-0.2, 0) is 15.1 Å². The number of nitrogens with zero attached hydrogens (tertiary/aromatic N) is 2. The second-order valence-electron chi connectivity index (χ2n) is 8.12. The number of carbonyl (C=O) groups excluding carboxylic acids is 3. The Hall–Kier alpha value is -2.89. The summed E-state index contributed by atoms with van der Waals surface area (Å²) in [5, 5.41) is 4.76. The fourth-order valence-electron chi connectivity index (χ4n) is 4.66. The Kier molecular flexibility index (Phi) is 5.03. The first-order valence-corrected chi connectivity index (χ1v) is 10.4. The summed E-state index contributed by atoms with van der Waals surface area (Å²) in [6, 6.07) is 13.2. The van der Waals surface area contributed by atoms with Gasteiger partial charge < -0.3 is 10.2 Å². The van der Waals surface area contributed by atoms with Crippen molar-refractivity contribution in [2.75, 3.05) is 13.1 Å². The van der Waals surface area contributed by atoms with Crippen LogP contribution in [-0.4, -0.2) is 46.8 Å². The molecule has 2 aliphatic heterocycles. The molecule has 6 nitrogen and oxygen atoms in total. The molecule has 0 unspecified atom stereocenters. The van der Waals surface area contributed by atoms with Crippen LogP contribution in [0.1, 0.15) is 45.1 Å². The molecule has 2 heterocycles. The lowest BCUT2D eigenvalue weighted by Crippen LogP contribution is -2.49. The lowest BCUT2D eigenvalue weighted by molar-refractivity contribution is -0.141. The van der Waals surface area contributed by atoms with Gasteiger partial charge in [0.2, 0.25) is 5.91 Å². The topological polar surface area (TPSA) is 69.7 Å². The first kappa shape index (κ1) is 19.4. The molecule has 0 aromatic heterocycles. The van der Waals surface area contributed by atoms with E-state index in [0.717, 1.165) is 46.9 Å². The van der Waals surface area contributed by atoms with E-state index in [0.29, 0.717) is 6.54 Å². The summed E-state index contributed by atoms with van der Waals surface area (Å²) in [5.41, 5.74) is -0.446. The van der Waals surface area contributed by atoms with E-state index in [1.54, 1.807) is 6.92 Å². The molecule has 0 spiro atoms. The molecular weight excluding hydrogens is 366 g/mol. The van der Waals surface area contributed by atoms with Crippen molar-refractivity contribution in [1.82, 2.24) is 15.1 Å². The number of amides is 4. The maximum atomic E-state index is 13.3. The zero-order chi connectivity index (χ0) is 20.6. The third-order valence-electron chi connectivity index (χ3n) is 6.32. The van der Waals surface area contributed by atoms with Gasteiger partial charge in [0.15, 0.2) is 0 Å². The van der Waals surface area contributed by atoms with Gasteiger partial charge in [0.25, 0.3) is 5.91 Å². The monoisotopic (exact) mass is 393 g/mol. The lowest BCUT2D eigenvalue weighted by atomic mass is 9.88. The van der Waals surface area contributed by atoms with Crippen molar-refractivity contribution >= 4 is 28.6 Å². The maximum Gasteiger partial charge on any atom is 0.325 e. The number of rotatable bonds is 4. The Morgan fingerprint density at radius 1 is 1.14 bits per heavy atom. The van der Waals surface area contributed by atoms with E-state index in [9.17, 15) is 14.4 Å². The predicted molar refractivity (Wildman–Crippen MR) is 111 cm³/mol. The molecule has 29 heavy (non-hydrogen) atoms. The molecule has 2 aromatic carbocycles. The first-order chi connectivity index (χ1) is 14.0. The van der Waals surface area contributed by atoms with Crippen LogP contribution >= 0.6 is 0 Å². The highest BCUT2D eigenvalue weighted by Crippen LogP contribution is 2.34. The van der Waals surface area contributed by atoms with Crippen molar-refractivity contribution in [1.29, 1.82) is 0 Å². The summed E-state index contributed by atoms with van der Waals surface area (Å²) in [7, 11) is 0. The molecule has 2 saturated heterocycles. The smallest absolute Gasteiger partial charge is 0.325 e. The van der Waals surface area contributed by atoms with E-state index in [2.05, 4.69) is 12.2 Å². The summed E-state index contributed by atoms with van der Waals surface area (Å²) in [5.74, 6) is -0.528. The fourth-order valence-corrected chi connectivity index (χ4v) is 4.66. The quantitative estimate of drug-likeness (QED) is 0.810. The average molecular weight is 393 g/mol. The van der Waals surface area contributed by atoms with Crippen LogP contribution in [0.25, 0.3) is 10.8 Å². The van der Waals surface area contributed by atoms with Gasteiger partial charge in [-0.2, -0.15) is 0 Å². The van der Waals surface area contributed by atoms with Crippen LogP contribution in [0.3, 0.4) is 0 Å². The summed E-state index contributed by atoms with van der Waals surface area (Å²) in [4.78, 5) is 41.9. The van der Waals surface area contributed by atoms with Crippen LogP contribution in [0, 0.1) is 0 Å². The normalized spacial score (nSPS) is 24.8. The van der Waals surface area contributed by atoms with Crippen molar-refractivity contribution in [2.45, 2.75) is 51.1 Å². The van der Waals surface area contributed by atoms with Crippen LogP contribution < -0.4 is 5.32 Å². The zero-order valence-corrected chi connectivity index (χ0v) is 17.0. The Bertz CT molecular complexity index is 967. The molecule has 4 amide bonds. The summed E-state index contributed by atoms with van der Waals surface area (Å²) < 4.78 is 0. The van der Waals surface area contributed by atoms with E-state index in [4.69, 9.17) is 0 Å². The minimum absolute atomic E-state index is 0.151. The number of fused-ring (bicyclic) bond motifs is 1. The van der Waals surface area contributed by atoms with Gasteiger partial charge in [-0.05, 0) is 48.9 Å². The van der Waals surface area contributed by atoms with Gasteiger partial charge in [-0.3, -0.25) is 14.5 Å². The third kappa shape index (κ3) is 3.26. The third-order valence-corrected chi connectivity index (χ3v) is 6.32. The molecule has 2 aromatic rings. The van der Waals surface area contributed by atoms with Crippen LogP contribution in [0.4, 0.5) is 4.79 Å². The Balaban J connectivity index is 1.61. The minimum atomic E-state index is -1.19. The highest BCUT2D eigenvalue weighted by molar-refractivity contribution is 6.10. The number of benzene rings is 2. The van der Waals surface area contributed by atoms with Crippen LogP contribution in [0.15, 0.2) is 42.5 Å². The van der Waals surface area contributed by atoms with Crippen molar-refractivity contribution < 1.29 is 14.4 Å². The van der Waals surface area contributed by atoms with Crippen LogP contribution in [0.5, 0.6) is 0 Å². The van der Waals surface area contributed by atoms with Crippen molar-refractivity contribution in [3.63, 3.8) is 0 Å². The number of nitrogens with one attached hydrogen (secondary N) is 1. The number of urea groups is 1. The van der Waals surface area contributed by atoms with Gasteiger partial charge in [-0.1, -0.05) is 49.4 Å². The van der Waals surface area contributed by atoms with E-state index >= 15 is 0 Å². The molecule has 2 atom stereocenters. The molecule has 0 radical (unpaired) electrons. The number of imide groups is 1. The predicted octanol–water partition coefficient (Wildman–Crippen LogP) is 3.40. The number of carbonyl (C=O) groups is 3. The second kappa shape index (κ2) is 7.50. The lowest BCUT2D eigenvalue weighted by Gasteiger charge is -2.36. The second-order valence-corrected chi connectivity index (χ2v) is 8.12. The standard InChI is InChI=1S/C23H27N3O3/c1-3-17-11-6-7-14-25(17)20(27)15-26-21(28)23(2,24-22(26)29)19-13-8-10-16-9-4-5-12-18(16)19/h4-5,8-10,12-13,17H,3,6-7,11,14-15H2,1-2H3,(H,24,29)/t17-,23-/m1/s1. The van der Waals surface area contributed by atoms with Gasteiger partial charge in [-0.25, -0.2) is 4.79 Å². The fraction of sp³-hybridized carbons (Fsp3) is 0.435. The molecule has 6 heteroatoms. The molecule has 152 valence electrons. The van der Waals surface area contributed by atoms with E-state index in [1.165, 1.54) is 0 Å². The maximum absolute atomic E-state index is 13.3. The minimum Gasteiger partial charge on any atom is -0.338 e. The number of hydrogen-bond acceptors (Lipinski definition) is 3. The van der Waals surface area contributed by atoms with Gasteiger partial charge in [0, 0.05) is 12.6 Å². The van der Waals surface area contributed by atoms with E-state index in [1.807, 2.05) is 47.4 Å². The highest BCUT2D eigenvalue weighted by Gasteiger charge is 2.50. The van der Waals surface area contributed by atoms with Crippen molar-refractivity contribution in [3.8, 4) is 0 Å². The number of likely N-dealkylation sites (tertiary alicyclic amines) is 1. The number of hydrogen-bond donors (Lipinski definition) is 1. The van der Waals surface area contributed by atoms with Gasteiger partial charge in [0.1, 0.15) is 12.1 Å². The SMILES string of the molecule is CC[C@@H]1CCCCN1C(=O)CN1C(=O)N[C@](C)(c2cccc3ccccc23)C1=O. The van der Waals surface area contributed by atoms with Gasteiger partial charge in [0.05, 0.1) is 0 Å². The largest absolute Gasteiger partial charge is 0.338 e. The van der Waals surface area contributed by atoms with E-state index < -0.39 is 11.6 Å². The van der Waals surface area contributed by atoms with Crippen molar-refractivity contribution in [2.24, 2.45) is 0 Å². The molecular formula is C23H27N3O3. The summed E-state index contributed by atoms with van der Waals surface area (Å²) in [6.07, 6.45) is 3.95. The number of piperidine rings is 1. The molecule has 0 saturated carbocycles. The van der Waals surface area contributed by atoms with Crippen molar-refractivity contribution in [3.05, 3.63) is 48.0 Å².